The van der Waals surface area contributed by atoms with Crippen molar-refractivity contribution in [3.05, 3.63) is 52.4 Å². The Morgan fingerprint density at radius 3 is 3.00 bits per heavy atom. The Morgan fingerprint density at radius 2 is 2.17 bits per heavy atom. The number of hydrogen-bond acceptors (Lipinski definition) is 3. The van der Waals surface area contributed by atoms with Gasteiger partial charge in [-0.2, -0.15) is 0 Å². The predicted molar refractivity (Wildman–Crippen MR) is 72.5 cm³/mol. The predicted octanol–water partition coefficient (Wildman–Crippen LogP) is 3.66. The van der Waals surface area contributed by atoms with Crippen LogP contribution in [0.3, 0.4) is 0 Å². The van der Waals surface area contributed by atoms with Gasteiger partial charge in [0.15, 0.2) is 0 Å². The van der Waals surface area contributed by atoms with E-state index in [1.54, 1.807) is 6.26 Å². The molecule has 2 heterocycles. The zero-order valence-corrected chi connectivity index (χ0v) is 11.4. The third kappa shape index (κ3) is 2.31. The van der Waals surface area contributed by atoms with E-state index in [1.807, 2.05) is 24.3 Å². The summed E-state index contributed by atoms with van der Waals surface area (Å²) in [5, 5.41) is 3.52. The molecule has 0 aliphatic carbocycles. The lowest BCUT2D eigenvalue weighted by molar-refractivity contribution is 0.250. The fraction of sp³-hybridized carbons (Fsp3) is 0.286. The molecule has 1 aliphatic heterocycles. The second-order valence-electron chi connectivity index (χ2n) is 4.30. The Balaban J connectivity index is 1.73. The van der Waals surface area contributed by atoms with Crippen LogP contribution in [0.2, 0.25) is 0 Å². The van der Waals surface area contributed by atoms with Crippen LogP contribution < -0.4 is 10.1 Å². The summed E-state index contributed by atoms with van der Waals surface area (Å²) in [6, 6.07) is 10.4. The number of fused-ring (bicyclic) bond motifs is 1. The second-order valence-corrected chi connectivity index (χ2v) is 5.15. The van der Waals surface area contributed by atoms with E-state index in [-0.39, 0.29) is 0 Å². The molecule has 0 spiro atoms. The first kappa shape index (κ1) is 11.8. The van der Waals surface area contributed by atoms with Crippen LogP contribution in [0.4, 0.5) is 0 Å². The summed E-state index contributed by atoms with van der Waals surface area (Å²) in [5.41, 5.74) is 1.23. The van der Waals surface area contributed by atoms with Gasteiger partial charge in [-0.05, 0) is 28.1 Å². The molecular formula is C14H14BrNO2. The topological polar surface area (TPSA) is 34.4 Å². The largest absolute Gasteiger partial charge is 0.493 e. The molecule has 1 atom stereocenters. The first-order chi connectivity index (χ1) is 8.84. The Labute approximate surface area is 114 Å². The summed E-state index contributed by atoms with van der Waals surface area (Å²) >= 11 is 3.46. The SMILES string of the molecule is Brc1ccoc1CNC1CCOc2ccccc21. The minimum Gasteiger partial charge on any atom is -0.493 e. The van der Waals surface area contributed by atoms with Crippen LogP contribution in [0.15, 0.2) is 45.5 Å². The minimum atomic E-state index is 0.326. The molecule has 2 aromatic rings. The molecule has 0 saturated heterocycles. The lowest BCUT2D eigenvalue weighted by atomic mass is 10.0. The van der Waals surface area contributed by atoms with Gasteiger partial charge in [-0.1, -0.05) is 18.2 Å². The van der Waals surface area contributed by atoms with E-state index >= 15 is 0 Å². The summed E-state index contributed by atoms with van der Waals surface area (Å²) in [6.45, 7) is 1.47. The molecule has 0 radical (unpaired) electrons. The Kier molecular flexibility index (Phi) is 3.39. The van der Waals surface area contributed by atoms with E-state index < -0.39 is 0 Å². The van der Waals surface area contributed by atoms with Gasteiger partial charge in [-0.25, -0.2) is 0 Å². The molecule has 1 aromatic heterocycles. The molecule has 0 bridgehead atoms. The fourth-order valence-electron chi connectivity index (χ4n) is 2.22. The standard InChI is InChI=1S/C14H14BrNO2/c15-11-5-7-18-14(11)9-16-12-6-8-17-13-4-2-1-3-10(12)13/h1-5,7,12,16H,6,8-9H2. The Hall–Kier alpha value is -1.26. The third-order valence-electron chi connectivity index (χ3n) is 3.16. The Bertz CT molecular complexity index is 538. The summed E-state index contributed by atoms with van der Waals surface area (Å²) in [4.78, 5) is 0. The van der Waals surface area contributed by atoms with Crippen molar-refractivity contribution in [2.24, 2.45) is 0 Å². The van der Waals surface area contributed by atoms with E-state index in [9.17, 15) is 0 Å². The van der Waals surface area contributed by atoms with E-state index in [0.29, 0.717) is 12.6 Å². The highest BCUT2D eigenvalue weighted by molar-refractivity contribution is 9.10. The van der Waals surface area contributed by atoms with Crippen LogP contribution in [0.25, 0.3) is 0 Å². The summed E-state index contributed by atoms with van der Waals surface area (Å²) in [5.74, 6) is 1.92. The average molecular weight is 308 g/mol. The molecule has 1 N–H and O–H groups in total. The van der Waals surface area contributed by atoms with Crippen molar-refractivity contribution in [2.75, 3.05) is 6.61 Å². The second kappa shape index (κ2) is 5.16. The van der Waals surface area contributed by atoms with Gasteiger partial charge in [0.1, 0.15) is 11.5 Å². The molecule has 3 nitrogen and oxygen atoms in total. The monoisotopic (exact) mass is 307 g/mol. The van der Waals surface area contributed by atoms with E-state index in [1.165, 1.54) is 5.56 Å². The highest BCUT2D eigenvalue weighted by Gasteiger charge is 2.20. The minimum absolute atomic E-state index is 0.326. The van der Waals surface area contributed by atoms with Crippen LogP contribution in [0.5, 0.6) is 5.75 Å². The van der Waals surface area contributed by atoms with E-state index in [0.717, 1.165) is 29.0 Å². The van der Waals surface area contributed by atoms with Gasteiger partial charge in [-0.3, -0.25) is 0 Å². The first-order valence-electron chi connectivity index (χ1n) is 6.01. The summed E-state index contributed by atoms with van der Waals surface area (Å²) < 4.78 is 12.1. The van der Waals surface area contributed by atoms with Gasteiger partial charge in [0, 0.05) is 18.0 Å². The fourth-order valence-corrected chi connectivity index (χ4v) is 2.56. The number of nitrogens with one attached hydrogen (secondary N) is 1. The number of benzene rings is 1. The molecule has 0 fully saturated rings. The lowest BCUT2D eigenvalue weighted by Crippen LogP contribution is -2.26. The van der Waals surface area contributed by atoms with Crippen LogP contribution in [0.1, 0.15) is 23.8 Å². The average Bonchev–Trinajstić information content (AvgIpc) is 2.82. The van der Waals surface area contributed by atoms with Crippen LogP contribution >= 0.6 is 15.9 Å². The number of rotatable bonds is 3. The van der Waals surface area contributed by atoms with Crippen LogP contribution in [0, 0.1) is 0 Å². The maximum absolute atomic E-state index is 5.64. The zero-order valence-electron chi connectivity index (χ0n) is 9.86. The van der Waals surface area contributed by atoms with Crippen LogP contribution in [-0.4, -0.2) is 6.61 Å². The van der Waals surface area contributed by atoms with Gasteiger partial charge >= 0.3 is 0 Å². The molecule has 4 heteroatoms. The maximum atomic E-state index is 5.64. The van der Waals surface area contributed by atoms with Gasteiger partial charge < -0.3 is 14.5 Å². The van der Waals surface area contributed by atoms with E-state index in [4.69, 9.17) is 9.15 Å². The quantitative estimate of drug-likeness (QED) is 0.940. The smallest absolute Gasteiger partial charge is 0.131 e. The molecule has 0 amide bonds. The zero-order chi connectivity index (χ0) is 12.4. The van der Waals surface area contributed by atoms with Crippen molar-refractivity contribution in [1.29, 1.82) is 0 Å². The Morgan fingerprint density at radius 1 is 1.28 bits per heavy atom. The van der Waals surface area contributed by atoms with Crippen molar-refractivity contribution in [3.8, 4) is 5.75 Å². The number of furan rings is 1. The normalized spacial score (nSPS) is 18.2. The highest BCUT2D eigenvalue weighted by Crippen LogP contribution is 2.32. The van der Waals surface area contributed by atoms with Crippen molar-refractivity contribution in [3.63, 3.8) is 0 Å². The van der Waals surface area contributed by atoms with Gasteiger partial charge in [0.25, 0.3) is 0 Å². The van der Waals surface area contributed by atoms with Crippen molar-refractivity contribution < 1.29 is 9.15 Å². The van der Waals surface area contributed by atoms with Gasteiger partial charge in [0.05, 0.1) is 23.9 Å². The van der Waals surface area contributed by atoms with Crippen molar-refractivity contribution in [2.45, 2.75) is 19.0 Å². The third-order valence-corrected chi connectivity index (χ3v) is 3.87. The molecule has 94 valence electrons. The van der Waals surface area contributed by atoms with E-state index in [2.05, 4.69) is 27.3 Å². The first-order valence-corrected chi connectivity index (χ1v) is 6.81. The number of para-hydroxylation sites is 1. The number of ether oxygens (including phenoxy) is 1. The molecule has 1 aromatic carbocycles. The molecular weight excluding hydrogens is 294 g/mol. The molecule has 18 heavy (non-hydrogen) atoms. The molecule has 3 rings (SSSR count). The summed E-state index contributed by atoms with van der Waals surface area (Å²) in [7, 11) is 0. The highest BCUT2D eigenvalue weighted by atomic mass is 79.9. The maximum Gasteiger partial charge on any atom is 0.131 e. The lowest BCUT2D eigenvalue weighted by Gasteiger charge is -2.26. The number of hydrogen-bond donors (Lipinski definition) is 1. The number of halogens is 1. The van der Waals surface area contributed by atoms with Crippen molar-refractivity contribution >= 4 is 15.9 Å². The van der Waals surface area contributed by atoms with Gasteiger partial charge in [-0.15, -0.1) is 0 Å². The summed E-state index contributed by atoms with van der Waals surface area (Å²) in [6.07, 6.45) is 2.67. The van der Waals surface area contributed by atoms with Gasteiger partial charge in [0.2, 0.25) is 0 Å². The molecule has 1 aliphatic rings. The van der Waals surface area contributed by atoms with Crippen molar-refractivity contribution in [1.82, 2.24) is 5.32 Å². The van der Waals surface area contributed by atoms with Crippen LogP contribution in [-0.2, 0) is 6.54 Å². The molecule has 0 saturated carbocycles. The molecule has 1 unspecified atom stereocenters.